The highest BCUT2D eigenvalue weighted by Crippen LogP contribution is 2.22. The van der Waals surface area contributed by atoms with Crippen LogP contribution in [-0.2, 0) is 0 Å². The van der Waals surface area contributed by atoms with Crippen molar-refractivity contribution in [2.24, 2.45) is 0 Å². The van der Waals surface area contributed by atoms with Gasteiger partial charge >= 0.3 is 0 Å². The summed E-state index contributed by atoms with van der Waals surface area (Å²) in [5, 5.41) is 3.50. The van der Waals surface area contributed by atoms with Crippen molar-refractivity contribution in [2.75, 3.05) is 24.3 Å². The van der Waals surface area contributed by atoms with E-state index in [-0.39, 0.29) is 6.04 Å². The fourth-order valence-corrected chi connectivity index (χ4v) is 1.86. The zero-order chi connectivity index (χ0) is 13.0. The summed E-state index contributed by atoms with van der Waals surface area (Å²) in [5.41, 5.74) is 3.56. The lowest BCUT2D eigenvalue weighted by atomic mass is 10.1. The quantitative estimate of drug-likeness (QED) is 0.890. The summed E-state index contributed by atoms with van der Waals surface area (Å²) in [5.74, 6) is 0. The normalized spacial score (nSPS) is 11.9. The molecule has 18 heavy (non-hydrogen) atoms. The lowest BCUT2D eigenvalue weighted by Gasteiger charge is -2.18. The lowest BCUT2D eigenvalue weighted by molar-refractivity contribution is 0.880. The highest BCUT2D eigenvalue weighted by Gasteiger charge is 2.05. The van der Waals surface area contributed by atoms with Crippen molar-refractivity contribution in [2.45, 2.75) is 13.0 Å². The second-order valence-electron chi connectivity index (χ2n) is 4.59. The van der Waals surface area contributed by atoms with Gasteiger partial charge in [-0.15, -0.1) is 0 Å². The number of rotatable bonds is 4. The average molecular weight is 241 g/mol. The van der Waals surface area contributed by atoms with Crippen molar-refractivity contribution in [1.29, 1.82) is 0 Å². The Kier molecular flexibility index (Phi) is 3.82. The molecule has 0 saturated carbocycles. The molecule has 2 rings (SSSR count). The van der Waals surface area contributed by atoms with Crippen LogP contribution in [0.4, 0.5) is 11.4 Å². The lowest BCUT2D eigenvalue weighted by Crippen LogP contribution is -2.10. The second kappa shape index (κ2) is 5.54. The molecular weight excluding hydrogens is 222 g/mol. The van der Waals surface area contributed by atoms with Gasteiger partial charge in [0.1, 0.15) is 0 Å². The third-order valence-corrected chi connectivity index (χ3v) is 2.95. The number of nitrogens with zero attached hydrogens (tertiary/aromatic N) is 2. The predicted molar refractivity (Wildman–Crippen MR) is 77.0 cm³/mol. The van der Waals surface area contributed by atoms with Crippen LogP contribution in [0.25, 0.3) is 0 Å². The van der Waals surface area contributed by atoms with Crippen molar-refractivity contribution in [3.05, 3.63) is 54.4 Å². The maximum atomic E-state index is 4.04. The molecule has 0 amide bonds. The number of benzene rings is 1. The average Bonchev–Trinajstić information content (AvgIpc) is 2.40. The van der Waals surface area contributed by atoms with E-state index in [0.29, 0.717) is 0 Å². The predicted octanol–water partition coefficient (Wildman–Crippen LogP) is 3.32. The molecule has 3 nitrogen and oxygen atoms in total. The Labute approximate surface area is 108 Å². The molecule has 1 unspecified atom stereocenters. The Morgan fingerprint density at radius 2 is 1.83 bits per heavy atom. The Bertz CT molecular complexity index is 494. The highest BCUT2D eigenvalue weighted by molar-refractivity contribution is 5.58. The second-order valence-corrected chi connectivity index (χ2v) is 4.59. The Morgan fingerprint density at radius 3 is 2.50 bits per heavy atom. The molecule has 0 aliphatic heterocycles. The van der Waals surface area contributed by atoms with E-state index < -0.39 is 0 Å². The molecule has 0 radical (unpaired) electrons. The molecule has 1 heterocycles. The standard InChI is InChI=1S/C15H19N3/c1-12(13-7-9-16-10-8-13)17-14-5-4-6-15(11-14)18(2)3/h4-12,17H,1-3H3. The Morgan fingerprint density at radius 1 is 1.11 bits per heavy atom. The molecule has 3 heteroatoms. The van der Waals surface area contributed by atoms with Gasteiger partial charge in [-0.05, 0) is 42.8 Å². The van der Waals surface area contributed by atoms with Gasteiger partial charge in [0.2, 0.25) is 0 Å². The third-order valence-electron chi connectivity index (χ3n) is 2.95. The van der Waals surface area contributed by atoms with Crippen LogP contribution < -0.4 is 10.2 Å². The maximum Gasteiger partial charge on any atom is 0.0486 e. The summed E-state index contributed by atoms with van der Waals surface area (Å²) in [6.45, 7) is 2.15. The minimum atomic E-state index is 0.269. The molecule has 0 spiro atoms. The zero-order valence-corrected chi connectivity index (χ0v) is 11.1. The van der Waals surface area contributed by atoms with Crippen LogP contribution in [0.5, 0.6) is 0 Å². The van der Waals surface area contributed by atoms with E-state index in [1.54, 1.807) is 0 Å². The van der Waals surface area contributed by atoms with Gasteiger partial charge in [0.15, 0.2) is 0 Å². The SMILES string of the molecule is CC(Nc1cccc(N(C)C)c1)c1ccncc1. The third kappa shape index (κ3) is 3.00. The Balaban J connectivity index is 2.12. The van der Waals surface area contributed by atoms with Gasteiger partial charge in [-0.25, -0.2) is 0 Å². The van der Waals surface area contributed by atoms with Gasteiger partial charge in [0.05, 0.1) is 0 Å². The topological polar surface area (TPSA) is 28.2 Å². The molecule has 1 aromatic heterocycles. The molecule has 0 aliphatic rings. The zero-order valence-electron chi connectivity index (χ0n) is 11.1. The molecule has 1 aromatic carbocycles. The first-order valence-electron chi connectivity index (χ1n) is 6.10. The van der Waals surface area contributed by atoms with Gasteiger partial charge in [-0.2, -0.15) is 0 Å². The highest BCUT2D eigenvalue weighted by atomic mass is 15.1. The van der Waals surface area contributed by atoms with Crippen LogP contribution in [0.3, 0.4) is 0 Å². The summed E-state index contributed by atoms with van der Waals surface area (Å²) in [6.07, 6.45) is 3.65. The van der Waals surface area contributed by atoms with Crippen LogP contribution in [0.2, 0.25) is 0 Å². The summed E-state index contributed by atoms with van der Waals surface area (Å²) in [4.78, 5) is 6.14. The van der Waals surface area contributed by atoms with Crippen molar-refractivity contribution >= 4 is 11.4 Å². The Hall–Kier alpha value is -2.03. The summed E-state index contributed by atoms with van der Waals surface area (Å²) >= 11 is 0. The molecule has 94 valence electrons. The number of aromatic nitrogens is 1. The first kappa shape index (κ1) is 12.4. The van der Waals surface area contributed by atoms with E-state index in [4.69, 9.17) is 0 Å². The largest absolute Gasteiger partial charge is 0.378 e. The van der Waals surface area contributed by atoms with Gasteiger partial charge in [0, 0.05) is 43.9 Å². The van der Waals surface area contributed by atoms with Gasteiger partial charge in [-0.3, -0.25) is 4.98 Å². The molecule has 1 N–H and O–H groups in total. The number of hydrogen-bond acceptors (Lipinski definition) is 3. The van der Waals surface area contributed by atoms with Gasteiger partial charge < -0.3 is 10.2 Å². The fourth-order valence-electron chi connectivity index (χ4n) is 1.86. The molecule has 1 atom stereocenters. The molecule has 0 aliphatic carbocycles. The van der Waals surface area contributed by atoms with E-state index in [1.165, 1.54) is 11.3 Å². The molecule has 0 bridgehead atoms. The van der Waals surface area contributed by atoms with E-state index in [0.717, 1.165) is 5.69 Å². The molecule has 0 fully saturated rings. The number of nitrogens with one attached hydrogen (secondary N) is 1. The van der Waals surface area contributed by atoms with Crippen LogP contribution >= 0.6 is 0 Å². The first-order chi connectivity index (χ1) is 8.66. The minimum Gasteiger partial charge on any atom is -0.378 e. The van der Waals surface area contributed by atoms with Crippen molar-refractivity contribution in [3.8, 4) is 0 Å². The van der Waals surface area contributed by atoms with E-state index in [9.17, 15) is 0 Å². The summed E-state index contributed by atoms with van der Waals surface area (Å²) in [6, 6.07) is 12.7. The molecule has 0 saturated heterocycles. The van der Waals surface area contributed by atoms with Crippen LogP contribution in [-0.4, -0.2) is 19.1 Å². The van der Waals surface area contributed by atoms with E-state index >= 15 is 0 Å². The van der Waals surface area contributed by atoms with Gasteiger partial charge in [0.25, 0.3) is 0 Å². The number of pyridine rings is 1. The molecular formula is C15H19N3. The minimum absolute atomic E-state index is 0.269. The molecule has 2 aromatic rings. The van der Waals surface area contributed by atoms with Crippen LogP contribution in [0, 0.1) is 0 Å². The van der Waals surface area contributed by atoms with Crippen molar-refractivity contribution in [3.63, 3.8) is 0 Å². The first-order valence-corrected chi connectivity index (χ1v) is 6.10. The van der Waals surface area contributed by atoms with Crippen molar-refractivity contribution in [1.82, 2.24) is 4.98 Å². The fraction of sp³-hybridized carbons (Fsp3) is 0.267. The summed E-state index contributed by atoms with van der Waals surface area (Å²) < 4.78 is 0. The number of anilines is 2. The maximum absolute atomic E-state index is 4.04. The van der Waals surface area contributed by atoms with Crippen LogP contribution in [0.1, 0.15) is 18.5 Å². The van der Waals surface area contributed by atoms with Crippen LogP contribution in [0.15, 0.2) is 48.8 Å². The van der Waals surface area contributed by atoms with Gasteiger partial charge in [-0.1, -0.05) is 6.07 Å². The van der Waals surface area contributed by atoms with E-state index in [1.807, 2.05) is 38.6 Å². The van der Waals surface area contributed by atoms with E-state index in [2.05, 4.69) is 46.4 Å². The monoisotopic (exact) mass is 241 g/mol. The smallest absolute Gasteiger partial charge is 0.0486 e. The van der Waals surface area contributed by atoms with Crippen molar-refractivity contribution < 1.29 is 0 Å². The number of hydrogen-bond donors (Lipinski definition) is 1. The summed E-state index contributed by atoms with van der Waals surface area (Å²) in [7, 11) is 4.09.